The lowest BCUT2D eigenvalue weighted by atomic mass is 10.2. The van der Waals surface area contributed by atoms with Gasteiger partial charge in [-0.3, -0.25) is 0 Å². The molecular formula is C15H16FNO2. The molecule has 0 spiro atoms. The number of nitrogens with one attached hydrogen (secondary N) is 1. The highest BCUT2D eigenvalue weighted by molar-refractivity contribution is 5.45. The van der Waals surface area contributed by atoms with Gasteiger partial charge in [0.15, 0.2) is 0 Å². The van der Waals surface area contributed by atoms with Crippen molar-refractivity contribution in [3.8, 4) is 11.5 Å². The Morgan fingerprint density at radius 2 is 1.84 bits per heavy atom. The van der Waals surface area contributed by atoms with Gasteiger partial charge in [-0.1, -0.05) is 0 Å². The van der Waals surface area contributed by atoms with Crippen molar-refractivity contribution < 1.29 is 13.9 Å². The van der Waals surface area contributed by atoms with E-state index < -0.39 is 0 Å². The van der Waals surface area contributed by atoms with Crippen LogP contribution in [-0.4, -0.2) is 14.2 Å². The first kappa shape index (κ1) is 13.2. The molecule has 0 aliphatic rings. The monoisotopic (exact) mass is 261 g/mol. The van der Waals surface area contributed by atoms with Crippen molar-refractivity contribution in [2.75, 3.05) is 19.5 Å². The van der Waals surface area contributed by atoms with Crippen molar-refractivity contribution in [3.63, 3.8) is 0 Å². The van der Waals surface area contributed by atoms with E-state index in [9.17, 15) is 4.39 Å². The quantitative estimate of drug-likeness (QED) is 0.894. The second-order valence-electron chi connectivity index (χ2n) is 4.02. The summed E-state index contributed by atoms with van der Waals surface area (Å²) >= 11 is 0. The fourth-order valence-electron chi connectivity index (χ4n) is 1.74. The van der Waals surface area contributed by atoms with Gasteiger partial charge in [-0.2, -0.15) is 0 Å². The first-order valence-corrected chi connectivity index (χ1v) is 5.96. The largest absolute Gasteiger partial charge is 0.496 e. The van der Waals surface area contributed by atoms with E-state index in [0.29, 0.717) is 11.3 Å². The van der Waals surface area contributed by atoms with Gasteiger partial charge in [0.05, 0.1) is 7.11 Å². The lowest BCUT2D eigenvalue weighted by molar-refractivity contribution is 0.296. The van der Waals surface area contributed by atoms with Crippen molar-refractivity contribution in [3.05, 3.63) is 53.8 Å². The maximum atomic E-state index is 13.2. The van der Waals surface area contributed by atoms with Crippen LogP contribution in [0.5, 0.6) is 11.5 Å². The second kappa shape index (κ2) is 6.09. The highest BCUT2D eigenvalue weighted by Crippen LogP contribution is 2.22. The van der Waals surface area contributed by atoms with Crippen LogP contribution in [0, 0.1) is 5.82 Å². The minimum atomic E-state index is -0.301. The molecule has 19 heavy (non-hydrogen) atoms. The van der Waals surface area contributed by atoms with Crippen molar-refractivity contribution in [2.24, 2.45) is 0 Å². The molecule has 0 saturated carbocycles. The Labute approximate surface area is 112 Å². The van der Waals surface area contributed by atoms with Crippen LogP contribution in [0.4, 0.5) is 10.1 Å². The van der Waals surface area contributed by atoms with Crippen LogP contribution in [0.1, 0.15) is 5.56 Å². The van der Waals surface area contributed by atoms with E-state index in [1.54, 1.807) is 13.2 Å². The molecule has 100 valence electrons. The van der Waals surface area contributed by atoms with Crippen LogP contribution in [0.25, 0.3) is 0 Å². The van der Waals surface area contributed by atoms with Gasteiger partial charge in [-0.05, 0) is 42.5 Å². The summed E-state index contributed by atoms with van der Waals surface area (Å²) in [5.74, 6) is 1.04. The van der Waals surface area contributed by atoms with Crippen molar-refractivity contribution >= 4 is 5.69 Å². The number of hydrogen-bond acceptors (Lipinski definition) is 3. The van der Waals surface area contributed by atoms with Crippen molar-refractivity contribution in [1.29, 1.82) is 0 Å². The van der Waals surface area contributed by atoms with Gasteiger partial charge in [0.25, 0.3) is 0 Å². The Morgan fingerprint density at radius 1 is 1.11 bits per heavy atom. The average molecular weight is 261 g/mol. The number of methoxy groups -OCH3 is 1. The van der Waals surface area contributed by atoms with E-state index in [0.717, 1.165) is 11.4 Å². The maximum absolute atomic E-state index is 13.2. The van der Waals surface area contributed by atoms with Crippen molar-refractivity contribution in [2.45, 2.75) is 6.61 Å². The minimum Gasteiger partial charge on any atom is -0.496 e. The zero-order valence-corrected chi connectivity index (χ0v) is 10.9. The SMILES string of the molecule is CNc1ccc(OCc2cc(F)ccc2OC)cc1. The van der Waals surface area contributed by atoms with Crippen LogP contribution >= 0.6 is 0 Å². The first-order valence-electron chi connectivity index (χ1n) is 5.96. The number of halogens is 1. The van der Waals surface area contributed by atoms with Crippen LogP contribution < -0.4 is 14.8 Å². The third-order valence-electron chi connectivity index (χ3n) is 2.78. The maximum Gasteiger partial charge on any atom is 0.125 e. The molecule has 2 aromatic carbocycles. The standard InChI is InChI=1S/C15H16FNO2/c1-17-13-4-6-14(7-5-13)19-10-11-9-12(16)3-8-15(11)18-2/h3-9,17H,10H2,1-2H3. The highest BCUT2D eigenvalue weighted by Gasteiger charge is 2.05. The molecule has 0 aliphatic heterocycles. The normalized spacial score (nSPS) is 10.1. The molecule has 0 saturated heterocycles. The molecule has 3 nitrogen and oxygen atoms in total. The third kappa shape index (κ3) is 3.37. The summed E-state index contributed by atoms with van der Waals surface area (Å²) in [6.07, 6.45) is 0. The number of benzene rings is 2. The zero-order valence-electron chi connectivity index (χ0n) is 10.9. The molecule has 2 rings (SSSR count). The van der Waals surface area contributed by atoms with E-state index in [-0.39, 0.29) is 12.4 Å². The number of ether oxygens (including phenoxy) is 2. The molecule has 0 radical (unpaired) electrons. The number of rotatable bonds is 5. The first-order chi connectivity index (χ1) is 9.22. The molecule has 0 unspecified atom stereocenters. The lowest BCUT2D eigenvalue weighted by Gasteiger charge is -2.10. The molecule has 0 aromatic heterocycles. The Hall–Kier alpha value is -2.23. The van der Waals surface area contributed by atoms with Crippen LogP contribution in [0.15, 0.2) is 42.5 Å². The molecule has 0 fully saturated rings. The van der Waals surface area contributed by atoms with Gasteiger partial charge in [-0.25, -0.2) is 4.39 Å². The molecule has 0 aliphatic carbocycles. The molecule has 1 N–H and O–H groups in total. The average Bonchev–Trinajstić information content (AvgIpc) is 2.46. The summed E-state index contributed by atoms with van der Waals surface area (Å²) in [6, 6.07) is 11.9. The van der Waals surface area contributed by atoms with E-state index in [1.807, 2.05) is 31.3 Å². The molecule has 0 bridgehead atoms. The van der Waals surface area contributed by atoms with Crippen molar-refractivity contribution in [1.82, 2.24) is 0 Å². The van der Waals surface area contributed by atoms with Crippen LogP contribution in [0.3, 0.4) is 0 Å². The molecule has 0 amide bonds. The summed E-state index contributed by atoms with van der Waals surface area (Å²) in [6.45, 7) is 0.264. The fourth-order valence-corrected chi connectivity index (χ4v) is 1.74. The molecule has 4 heteroatoms. The third-order valence-corrected chi connectivity index (χ3v) is 2.78. The molecule has 2 aromatic rings. The van der Waals surface area contributed by atoms with Gasteiger partial charge in [0.2, 0.25) is 0 Å². The highest BCUT2D eigenvalue weighted by atomic mass is 19.1. The summed E-state index contributed by atoms with van der Waals surface area (Å²) in [5, 5.41) is 3.03. The summed E-state index contributed by atoms with van der Waals surface area (Å²) < 4.78 is 24.0. The van der Waals surface area contributed by atoms with Gasteiger partial charge < -0.3 is 14.8 Å². The smallest absolute Gasteiger partial charge is 0.125 e. The van der Waals surface area contributed by atoms with Gasteiger partial charge in [0, 0.05) is 18.3 Å². The summed E-state index contributed by atoms with van der Waals surface area (Å²) in [7, 11) is 3.41. The van der Waals surface area contributed by atoms with Gasteiger partial charge in [0.1, 0.15) is 23.9 Å². The zero-order chi connectivity index (χ0) is 13.7. The van der Waals surface area contributed by atoms with Crippen LogP contribution in [0.2, 0.25) is 0 Å². The van der Waals surface area contributed by atoms with E-state index in [1.165, 1.54) is 12.1 Å². The lowest BCUT2D eigenvalue weighted by Crippen LogP contribution is -1.99. The predicted octanol–water partition coefficient (Wildman–Crippen LogP) is 3.46. The number of anilines is 1. The second-order valence-corrected chi connectivity index (χ2v) is 4.02. The summed E-state index contributed by atoms with van der Waals surface area (Å²) in [5.41, 5.74) is 1.69. The molecule has 0 atom stereocenters. The Bertz CT molecular complexity index is 540. The molecule has 0 heterocycles. The number of hydrogen-bond donors (Lipinski definition) is 1. The topological polar surface area (TPSA) is 30.5 Å². The predicted molar refractivity (Wildman–Crippen MR) is 73.3 cm³/mol. The Kier molecular flexibility index (Phi) is 4.23. The fraction of sp³-hybridized carbons (Fsp3) is 0.200. The minimum absolute atomic E-state index is 0.264. The summed E-state index contributed by atoms with van der Waals surface area (Å²) in [4.78, 5) is 0. The Balaban J connectivity index is 2.07. The van der Waals surface area contributed by atoms with Crippen LogP contribution in [-0.2, 0) is 6.61 Å². The van der Waals surface area contributed by atoms with E-state index in [4.69, 9.17) is 9.47 Å². The Morgan fingerprint density at radius 3 is 2.47 bits per heavy atom. The van der Waals surface area contributed by atoms with Gasteiger partial charge in [-0.15, -0.1) is 0 Å². The van der Waals surface area contributed by atoms with Gasteiger partial charge >= 0.3 is 0 Å². The van der Waals surface area contributed by atoms with E-state index >= 15 is 0 Å². The molecular weight excluding hydrogens is 245 g/mol. The van der Waals surface area contributed by atoms with E-state index in [2.05, 4.69) is 5.32 Å².